The van der Waals surface area contributed by atoms with Gasteiger partial charge in [-0.3, -0.25) is 9.79 Å². The third-order valence-corrected chi connectivity index (χ3v) is 3.44. The first-order valence-electron chi connectivity index (χ1n) is 6.39. The number of nitrogens with zero attached hydrogens (tertiary/aromatic N) is 1. The minimum Gasteiger partial charge on any atom is -0.299 e. The van der Waals surface area contributed by atoms with E-state index in [9.17, 15) is 4.79 Å². The number of carbonyl (C=O) groups excluding carboxylic acids is 1. The predicted octanol–water partition coefficient (Wildman–Crippen LogP) is 3.69. The van der Waals surface area contributed by atoms with E-state index >= 15 is 0 Å². The molecule has 1 radical (unpaired) electrons. The zero-order valence-corrected chi connectivity index (χ0v) is 10.8. The fraction of sp³-hybridized carbons (Fsp3) is 0.176. The molecule has 0 aliphatic carbocycles. The summed E-state index contributed by atoms with van der Waals surface area (Å²) in [4.78, 5) is 15.7. The van der Waals surface area contributed by atoms with Gasteiger partial charge in [-0.2, -0.15) is 0 Å². The van der Waals surface area contributed by atoms with Gasteiger partial charge >= 0.3 is 0 Å². The molecule has 93 valence electrons. The number of aliphatic imine (C=N–C) groups is 1. The van der Waals surface area contributed by atoms with Gasteiger partial charge in [-0.05, 0) is 42.2 Å². The van der Waals surface area contributed by atoms with Crippen molar-refractivity contribution in [2.45, 2.75) is 13.3 Å². The van der Waals surface area contributed by atoms with E-state index < -0.39 is 0 Å². The molecule has 2 aromatic carbocycles. The summed E-state index contributed by atoms with van der Waals surface area (Å²) in [5, 5.41) is 0. The van der Waals surface area contributed by atoms with Crippen LogP contribution in [0.5, 0.6) is 0 Å². The van der Waals surface area contributed by atoms with Gasteiger partial charge in [0.2, 0.25) is 0 Å². The summed E-state index contributed by atoms with van der Waals surface area (Å²) in [7, 11) is 0. The lowest BCUT2D eigenvalue weighted by molar-refractivity contribution is -0.118. The molecule has 0 spiro atoms. The van der Waals surface area contributed by atoms with E-state index in [1.165, 1.54) is 11.1 Å². The molecule has 1 aliphatic rings. The first-order chi connectivity index (χ1) is 9.24. The molecule has 19 heavy (non-hydrogen) atoms. The van der Waals surface area contributed by atoms with E-state index in [2.05, 4.69) is 35.5 Å². The molecule has 0 saturated carbocycles. The Morgan fingerprint density at radius 1 is 1.16 bits per heavy atom. The van der Waals surface area contributed by atoms with Crippen LogP contribution in [-0.2, 0) is 11.2 Å². The lowest BCUT2D eigenvalue weighted by Gasteiger charge is -2.16. The number of rotatable bonds is 2. The molecule has 2 heteroatoms. The molecule has 1 aliphatic heterocycles. The average Bonchev–Trinajstić information content (AvgIpc) is 2.47. The van der Waals surface area contributed by atoms with Crippen LogP contribution in [0.3, 0.4) is 0 Å². The van der Waals surface area contributed by atoms with Crippen LogP contribution in [-0.4, -0.2) is 12.0 Å². The summed E-state index contributed by atoms with van der Waals surface area (Å²) in [5.41, 5.74) is 4.40. The number of benzene rings is 2. The zero-order valence-electron chi connectivity index (χ0n) is 10.8. The molecule has 0 bridgehead atoms. The van der Waals surface area contributed by atoms with Crippen molar-refractivity contribution in [1.29, 1.82) is 0 Å². The van der Waals surface area contributed by atoms with E-state index in [0.717, 1.165) is 11.3 Å². The molecule has 2 nitrogen and oxygen atoms in total. The van der Waals surface area contributed by atoms with Crippen LogP contribution in [0.25, 0.3) is 11.1 Å². The van der Waals surface area contributed by atoms with Gasteiger partial charge in [0.05, 0.1) is 17.8 Å². The molecule has 0 saturated heterocycles. The first kappa shape index (κ1) is 11.8. The zero-order chi connectivity index (χ0) is 13.2. The van der Waals surface area contributed by atoms with Crippen molar-refractivity contribution < 1.29 is 4.79 Å². The van der Waals surface area contributed by atoms with Gasteiger partial charge in [0.1, 0.15) is 5.78 Å². The molecule has 1 atom stereocenters. The molecule has 0 aromatic heterocycles. The third-order valence-electron chi connectivity index (χ3n) is 3.44. The summed E-state index contributed by atoms with van der Waals surface area (Å²) in [6.45, 7) is 1.60. The fourth-order valence-electron chi connectivity index (χ4n) is 2.32. The second-order valence-electron chi connectivity index (χ2n) is 4.82. The molecule has 0 N–H and O–H groups in total. The molecule has 0 amide bonds. The van der Waals surface area contributed by atoms with Crippen molar-refractivity contribution in [1.82, 2.24) is 0 Å². The number of ketones is 1. The fourth-order valence-corrected chi connectivity index (χ4v) is 2.32. The van der Waals surface area contributed by atoms with E-state index in [1.54, 1.807) is 6.92 Å². The van der Waals surface area contributed by atoms with Gasteiger partial charge in [-0.25, -0.2) is 0 Å². The molecule has 1 unspecified atom stereocenters. The highest BCUT2D eigenvalue weighted by molar-refractivity contribution is 5.95. The second-order valence-corrected chi connectivity index (χ2v) is 4.82. The lowest BCUT2D eigenvalue weighted by atomic mass is 9.91. The SMILES string of the molecule is CC(=O)C1[C]=Nc2ccc(-c3ccccc3)cc2C1. The minimum absolute atomic E-state index is 0.125. The van der Waals surface area contributed by atoms with Crippen LogP contribution >= 0.6 is 0 Å². The van der Waals surface area contributed by atoms with Gasteiger partial charge in [0, 0.05) is 0 Å². The van der Waals surface area contributed by atoms with Crippen molar-refractivity contribution in [2.75, 3.05) is 0 Å². The summed E-state index contributed by atoms with van der Waals surface area (Å²) >= 11 is 0. The largest absolute Gasteiger partial charge is 0.299 e. The number of hydrogen-bond donors (Lipinski definition) is 0. The quantitative estimate of drug-likeness (QED) is 0.797. The van der Waals surface area contributed by atoms with Crippen molar-refractivity contribution in [3.05, 3.63) is 54.1 Å². The molecule has 2 aromatic rings. The summed E-state index contributed by atoms with van der Waals surface area (Å²) in [5.74, 6) is -0.0713. The van der Waals surface area contributed by atoms with Crippen LogP contribution < -0.4 is 0 Å². The number of Topliss-reactive ketones (excluding diaryl/α,β-unsaturated/α-hetero) is 1. The molecular formula is C17H14NO. The molecule has 1 heterocycles. The lowest BCUT2D eigenvalue weighted by Crippen LogP contribution is -2.18. The highest BCUT2D eigenvalue weighted by Gasteiger charge is 2.19. The maximum Gasteiger partial charge on any atom is 0.139 e. The standard InChI is InChI=1S/C17H14NO/c1-12(19)16-10-15-9-14(7-8-17(15)18-11-16)13-5-3-2-4-6-13/h2-9,16H,10H2,1H3. The Bertz CT molecular complexity index is 644. The van der Waals surface area contributed by atoms with Crippen molar-refractivity contribution >= 4 is 17.7 Å². The monoisotopic (exact) mass is 248 g/mol. The van der Waals surface area contributed by atoms with E-state index in [-0.39, 0.29) is 11.7 Å². The van der Waals surface area contributed by atoms with Gasteiger partial charge in [0.25, 0.3) is 0 Å². The highest BCUT2D eigenvalue weighted by Crippen LogP contribution is 2.31. The minimum atomic E-state index is -0.196. The van der Waals surface area contributed by atoms with Gasteiger partial charge in [-0.1, -0.05) is 36.4 Å². The Morgan fingerprint density at radius 3 is 2.68 bits per heavy atom. The predicted molar refractivity (Wildman–Crippen MR) is 76.8 cm³/mol. The molecule has 3 rings (SSSR count). The molecular weight excluding hydrogens is 234 g/mol. The van der Waals surface area contributed by atoms with Gasteiger partial charge in [-0.15, -0.1) is 0 Å². The van der Waals surface area contributed by atoms with Gasteiger partial charge < -0.3 is 0 Å². The smallest absolute Gasteiger partial charge is 0.139 e. The number of carbonyl (C=O) groups is 1. The van der Waals surface area contributed by atoms with E-state index in [4.69, 9.17) is 0 Å². The van der Waals surface area contributed by atoms with Crippen molar-refractivity contribution in [3.8, 4) is 11.1 Å². The highest BCUT2D eigenvalue weighted by atomic mass is 16.1. The Labute approximate surface area is 112 Å². The first-order valence-corrected chi connectivity index (χ1v) is 6.39. The Kier molecular flexibility index (Phi) is 3.00. The summed E-state index contributed by atoms with van der Waals surface area (Å²) < 4.78 is 0. The second kappa shape index (κ2) is 4.81. The van der Waals surface area contributed by atoms with E-state index in [0.29, 0.717) is 6.42 Å². The molecule has 0 fully saturated rings. The Morgan fingerprint density at radius 2 is 1.95 bits per heavy atom. The van der Waals surface area contributed by atoms with Crippen LogP contribution in [0, 0.1) is 5.92 Å². The van der Waals surface area contributed by atoms with Crippen LogP contribution in [0.2, 0.25) is 0 Å². The topological polar surface area (TPSA) is 29.4 Å². The third kappa shape index (κ3) is 2.34. The van der Waals surface area contributed by atoms with Crippen LogP contribution in [0.1, 0.15) is 12.5 Å². The van der Waals surface area contributed by atoms with E-state index in [1.807, 2.05) is 24.3 Å². The van der Waals surface area contributed by atoms with Crippen molar-refractivity contribution in [3.63, 3.8) is 0 Å². The maximum absolute atomic E-state index is 11.4. The number of fused-ring (bicyclic) bond motifs is 1. The normalized spacial score (nSPS) is 17.0. The summed E-state index contributed by atoms with van der Waals surface area (Å²) in [6, 6.07) is 16.4. The summed E-state index contributed by atoms with van der Waals surface area (Å²) in [6.07, 6.45) is 3.61. The van der Waals surface area contributed by atoms with Crippen LogP contribution in [0.4, 0.5) is 5.69 Å². The Balaban J connectivity index is 1.99. The van der Waals surface area contributed by atoms with Crippen LogP contribution in [0.15, 0.2) is 53.5 Å². The average molecular weight is 248 g/mol. The number of hydrogen-bond acceptors (Lipinski definition) is 2. The van der Waals surface area contributed by atoms with Gasteiger partial charge in [0.15, 0.2) is 0 Å². The van der Waals surface area contributed by atoms with Crippen molar-refractivity contribution in [2.24, 2.45) is 10.9 Å². The maximum atomic E-state index is 11.4. The Hall–Kier alpha value is -2.22.